The van der Waals surface area contributed by atoms with Crippen molar-refractivity contribution in [3.8, 4) is 0 Å². The Hall–Kier alpha value is -1.06. The van der Waals surface area contributed by atoms with Gasteiger partial charge < -0.3 is 10.2 Å². The highest BCUT2D eigenvalue weighted by atomic mass is 16.2. The van der Waals surface area contributed by atoms with Crippen molar-refractivity contribution >= 4 is 11.8 Å². The van der Waals surface area contributed by atoms with Crippen molar-refractivity contribution in [2.45, 2.75) is 70.4 Å². The van der Waals surface area contributed by atoms with Gasteiger partial charge in [-0.3, -0.25) is 9.59 Å². The highest BCUT2D eigenvalue weighted by Crippen LogP contribution is 2.44. The Balaban J connectivity index is 1.85. The summed E-state index contributed by atoms with van der Waals surface area (Å²) in [4.78, 5) is 27.4. The number of hydrogen-bond acceptors (Lipinski definition) is 2. The molecule has 4 heteroatoms. The number of rotatable bonds is 3. The Bertz CT molecular complexity index is 436. The van der Waals surface area contributed by atoms with E-state index < -0.39 is 11.1 Å². The summed E-state index contributed by atoms with van der Waals surface area (Å²) >= 11 is 0. The number of nitrogens with zero attached hydrogens (tertiary/aromatic N) is 1. The first kappa shape index (κ1) is 13.9. The average Bonchev–Trinajstić information content (AvgIpc) is 3.12. The predicted molar refractivity (Wildman–Crippen MR) is 77.0 cm³/mol. The van der Waals surface area contributed by atoms with E-state index >= 15 is 0 Å². The zero-order chi connectivity index (χ0) is 14.5. The minimum atomic E-state index is -0.714. The summed E-state index contributed by atoms with van der Waals surface area (Å²) in [5.74, 6) is 1.05. The summed E-state index contributed by atoms with van der Waals surface area (Å²) in [6.45, 7) is 6.42. The number of amides is 2. The van der Waals surface area contributed by atoms with Crippen LogP contribution in [-0.2, 0) is 9.59 Å². The number of carbonyl (C=O) groups excluding carboxylic acids is 2. The molecule has 1 N–H and O–H groups in total. The minimum Gasteiger partial charge on any atom is -0.340 e. The molecule has 4 nitrogen and oxygen atoms in total. The van der Waals surface area contributed by atoms with Crippen LogP contribution < -0.4 is 5.32 Å². The quantitative estimate of drug-likeness (QED) is 0.859. The van der Waals surface area contributed by atoms with Crippen molar-refractivity contribution < 1.29 is 9.59 Å². The minimum absolute atomic E-state index is 0.00416. The van der Waals surface area contributed by atoms with Crippen LogP contribution in [0.1, 0.15) is 59.3 Å². The molecule has 0 radical (unpaired) electrons. The molecule has 2 amide bonds. The molecule has 1 atom stereocenters. The smallest absolute Gasteiger partial charge is 0.249 e. The monoisotopic (exact) mass is 278 g/mol. The molecule has 0 bridgehead atoms. The Labute approximate surface area is 121 Å². The third kappa shape index (κ3) is 2.04. The summed E-state index contributed by atoms with van der Waals surface area (Å²) in [5, 5.41) is 3.02. The molecular formula is C16H26N2O2. The molecule has 0 aromatic heterocycles. The van der Waals surface area contributed by atoms with Gasteiger partial charge in [-0.05, 0) is 58.3 Å². The zero-order valence-corrected chi connectivity index (χ0v) is 12.9. The van der Waals surface area contributed by atoms with Gasteiger partial charge in [0.25, 0.3) is 0 Å². The maximum atomic E-state index is 13.0. The molecule has 112 valence electrons. The van der Waals surface area contributed by atoms with Gasteiger partial charge in [0.2, 0.25) is 11.8 Å². The molecule has 3 fully saturated rings. The predicted octanol–water partition coefficient (Wildman–Crippen LogP) is 2.08. The van der Waals surface area contributed by atoms with Crippen LogP contribution in [0.15, 0.2) is 0 Å². The van der Waals surface area contributed by atoms with Crippen LogP contribution in [0.25, 0.3) is 0 Å². The Morgan fingerprint density at radius 2 is 1.70 bits per heavy atom. The van der Waals surface area contributed by atoms with E-state index in [0.717, 1.165) is 19.4 Å². The molecule has 0 aromatic rings. The van der Waals surface area contributed by atoms with Crippen molar-refractivity contribution in [2.24, 2.45) is 11.8 Å². The van der Waals surface area contributed by atoms with E-state index in [1.54, 1.807) is 0 Å². The first-order valence-corrected chi connectivity index (χ1v) is 8.00. The van der Waals surface area contributed by atoms with E-state index in [2.05, 4.69) is 5.32 Å². The van der Waals surface area contributed by atoms with E-state index in [9.17, 15) is 9.59 Å². The molecule has 1 aliphatic heterocycles. The number of carbonyl (C=O) groups is 2. The molecule has 0 spiro atoms. The zero-order valence-electron chi connectivity index (χ0n) is 12.9. The third-order valence-electron chi connectivity index (χ3n) is 5.60. The number of hydrogen-bond donors (Lipinski definition) is 1. The molecule has 0 aromatic carbocycles. The van der Waals surface area contributed by atoms with Crippen LogP contribution in [0, 0.1) is 11.8 Å². The number of nitrogens with one attached hydrogen (secondary N) is 1. The highest BCUT2D eigenvalue weighted by Gasteiger charge is 2.58. The maximum absolute atomic E-state index is 13.0. The lowest BCUT2D eigenvalue weighted by Crippen LogP contribution is -2.74. The normalized spacial score (nSPS) is 34.5. The molecule has 2 saturated carbocycles. The van der Waals surface area contributed by atoms with Gasteiger partial charge in [-0.2, -0.15) is 0 Å². The summed E-state index contributed by atoms with van der Waals surface area (Å²) in [7, 11) is 0. The molecule has 1 saturated heterocycles. The fourth-order valence-corrected chi connectivity index (χ4v) is 3.80. The second-order valence-electron chi connectivity index (χ2n) is 7.56. The van der Waals surface area contributed by atoms with Crippen molar-refractivity contribution in [3.05, 3.63) is 0 Å². The molecule has 3 rings (SSSR count). The molecule has 1 heterocycles. The van der Waals surface area contributed by atoms with E-state index in [-0.39, 0.29) is 11.8 Å². The molecule has 3 aliphatic rings. The summed E-state index contributed by atoms with van der Waals surface area (Å²) in [5.41, 5.74) is -1.38. The van der Waals surface area contributed by atoms with E-state index in [1.165, 1.54) is 25.7 Å². The maximum Gasteiger partial charge on any atom is 0.249 e. The van der Waals surface area contributed by atoms with Crippen LogP contribution >= 0.6 is 0 Å². The van der Waals surface area contributed by atoms with Gasteiger partial charge in [0, 0.05) is 6.54 Å². The molecule has 2 aliphatic carbocycles. The lowest BCUT2D eigenvalue weighted by molar-refractivity contribution is -0.162. The largest absolute Gasteiger partial charge is 0.340 e. The first-order chi connectivity index (χ1) is 9.35. The molecule has 20 heavy (non-hydrogen) atoms. The van der Waals surface area contributed by atoms with E-state index in [1.807, 2.05) is 25.7 Å². The van der Waals surface area contributed by atoms with Crippen LogP contribution in [-0.4, -0.2) is 34.3 Å². The highest BCUT2D eigenvalue weighted by molar-refractivity contribution is 6.02. The van der Waals surface area contributed by atoms with E-state index in [4.69, 9.17) is 0 Å². The second kappa shape index (κ2) is 4.47. The number of piperazine rings is 1. The topological polar surface area (TPSA) is 49.4 Å². The Kier molecular flexibility index (Phi) is 3.11. The van der Waals surface area contributed by atoms with Crippen molar-refractivity contribution in [1.29, 1.82) is 0 Å². The van der Waals surface area contributed by atoms with Crippen molar-refractivity contribution in [1.82, 2.24) is 10.2 Å². The Morgan fingerprint density at radius 1 is 1.10 bits per heavy atom. The summed E-state index contributed by atoms with van der Waals surface area (Å²) in [6.07, 6.45) is 7.03. The van der Waals surface area contributed by atoms with Gasteiger partial charge in [0.15, 0.2) is 0 Å². The van der Waals surface area contributed by atoms with Crippen LogP contribution in [0.3, 0.4) is 0 Å². The second-order valence-corrected chi connectivity index (χ2v) is 7.56. The van der Waals surface area contributed by atoms with E-state index in [0.29, 0.717) is 11.8 Å². The average molecular weight is 278 g/mol. The fraction of sp³-hybridized carbons (Fsp3) is 0.875. The van der Waals surface area contributed by atoms with Crippen LogP contribution in [0.5, 0.6) is 0 Å². The lowest BCUT2D eigenvalue weighted by atomic mass is 9.84. The van der Waals surface area contributed by atoms with Gasteiger partial charge in [0.05, 0.1) is 0 Å². The van der Waals surface area contributed by atoms with Gasteiger partial charge in [-0.25, -0.2) is 0 Å². The van der Waals surface area contributed by atoms with Crippen LogP contribution in [0.4, 0.5) is 0 Å². The summed E-state index contributed by atoms with van der Waals surface area (Å²) < 4.78 is 0. The molecule has 1 unspecified atom stereocenters. The van der Waals surface area contributed by atoms with Crippen molar-refractivity contribution in [2.75, 3.05) is 6.54 Å². The fourth-order valence-electron chi connectivity index (χ4n) is 3.80. The van der Waals surface area contributed by atoms with Gasteiger partial charge in [0.1, 0.15) is 11.1 Å². The first-order valence-electron chi connectivity index (χ1n) is 8.00. The van der Waals surface area contributed by atoms with Gasteiger partial charge in [-0.1, -0.05) is 12.8 Å². The summed E-state index contributed by atoms with van der Waals surface area (Å²) in [6, 6.07) is 0. The van der Waals surface area contributed by atoms with Gasteiger partial charge in [-0.15, -0.1) is 0 Å². The van der Waals surface area contributed by atoms with Gasteiger partial charge >= 0.3 is 0 Å². The SMILES string of the molecule is CC1(C2CC2)NC(=O)C(C)(C)N(CC2CCCC2)C1=O. The Morgan fingerprint density at radius 3 is 2.25 bits per heavy atom. The lowest BCUT2D eigenvalue weighted by Gasteiger charge is -2.49. The van der Waals surface area contributed by atoms with Crippen LogP contribution in [0.2, 0.25) is 0 Å². The standard InChI is InChI=1S/C16H26N2O2/c1-15(2)13(19)17-16(3,12-8-9-12)14(20)18(15)10-11-6-4-5-7-11/h11-12H,4-10H2,1-3H3,(H,17,19). The third-order valence-corrected chi connectivity index (χ3v) is 5.60. The van der Waals surface area contributed by atoms with Crippen molar-refractivity contribution in [3.63, 3.8) is 0 Å². The molecular weight excluding hydrogens is 252 g/mol.